The Labute approximate surface area is 230 Å². The summed E-state index contributed by atoms with van der Waals surface area (Å²) in [5, 5.41) is 5.63. The van der Waals surface area contributed by atoms with Crippen LogP contribution in [0.5, 0.6) is 11.5 Å². The van der Waals surface area contributed by atoms with Gasteiger partial charge in [-0.15, -0.1) is 0 Å². The van der Waals surface area contributed by atoms with Gasteiger partial charge in [0.15, 0.2) is 0 Å². The van der Waals surface area contributed by atoms with Gasteiger partial charge in [0.05, 0.1) is 0 Å². The molecular weight excluding hydrogens is 492 g/mol. The Balaban J connectivity index is 1.58. The van der Waals surface area contributed by atoms with Crippen molar-refractivity contribution in [1.29, 1.82) is 0 Å². The van der Waals surface area contributed by atoms with Crippen molar-refractivity contribution in [2.45, 2.75) is 58.5 Å². The van der Waals surface area contributed by atoms with E-state index >= 15 is 0 Å². The van der Waals surface area contributed by atoms with Crippen molar-refractivity contribution in [3.63, 3.8) is 0 Å². The molecule has 1 aliphatic heterocycles. The maximum absolute atomic E-state index is 12.8. The second-order valence-electron chi connectivity index (χ2n) is 10.4. The number of nitrogens with one attached hydrogen (secondary N) is 2. The van der Waals surface area contributed by atoms with E-state index in [9.17, 15) is 9.59 Å². The highest BCUT2D eigenvalue weighted by Crippen LogP contribution is 2.32. The van der Waals surface area contributed by atoms with Crippen LogP contribution in [0.15, 0.2) is 78.9 Å². The summed E-state index contributed by atoms with van der Waals surface area (Å²) in [5.74, 6) is 1.13. The van der Waals surface area contributed by atoms with Crippen molar-refractivity contribution >= 4 is 18.1 Å². The quantitative estimate of drug-likeness (QED) is 0.404. The molecule has 204 valence electrons. The van der Waals surface area contributed by atoms with Crippen LogP contribution in [-0.2, 0) is 29.2 Å². The summed E-state index contributed by atoms with van der Waals surface area (Å²) in [6.45, 7) is 6.58. The first-order valence-corrected chi connectivity index (χ1v) is 13.2. The van der Waals surface area contributed by atoms with Crippen molar-refractivity contribution in [2.24, 2.45) is 0 Å². The van der Waals surface area contributed by atoms with Crippen molar-refractivity contribution in [1.82, 2.24) is 10.6 Å². The van der Waals surface area contributed by atoms with Gasteiger partial charge in [0.1, 0.15) is 36.4 Å². The van der Waals surface area contributed by atoms with E-state index in [1.165, 1.54) is 0 Å². The Morgan fingerprint density at radius 1 is 0.949 bits per heavy atom. The number of hydrogen-bond acceptors (Lipinski definition) is 5. The molecule has 7 heteroatoms. The van der Waals surface area contributed by atoms with Crippen LogP contribution in [0.2, 0.25) is 0 Å². The molecule has 0 saturated heterocycles. The summed E-state index contributed by atoms with van der Waals surface area (Å²) in [4.78, 5) is 25.2. The third-order valence-corrected chi connectivity index (χ3v) is 6.04. The van der Waals surface area contributed by atoms with Gasteiger partial charge in [-0.3, -0.25) is 4.79 Å². The van der Waals surface area contributed by atoms with Crippen molar-refractivity contribution in [2.75, 3.05) is 6.54 Å². The average molecular weight is 529 g/mol. The van der Waals surface area contributed by atoms with Gasteiger partial charge in [-0.1, -0.05) is 72.8 Å². The van der Waals surface area contributed by atoms with Gasteiger partial charge in [-0.05, 0) is 56.4 Å². The van der Waals surface area contributed by atoms with E-state index in [0.717, 1.165) is 22.3 Å². The molecule has 0 radical (unpaired) electrons. The second-order valence-corrected chi connectivity index (χ2v) is 10.4. The molecule has 0 fully saturated rings. The zero-order valence-electron chi connectivity index (χ0n) is 22.7. The van der Waals surface area contributed by atoms with E-state index in [0.29, 0.717) is 44.1 Å². The van der Waals surface area contributed by atoms with E-state index < -0.39 is 17.7 Å². The number of fused-ring (bicyclic) bond motifs is 1. The zero-order valence-corrected chi connectivity index (χ0v) is 22.7. The van der Waals surface area contributed by atoms with E-state index in [2.05, 4.69) is 10.6 Å². The SMILES string of the molecule is CC(C)(C)OC(=O)N[C@H]1C/C=C\c2c(cc(OCc3ccccc3)cc2OCc2ccccc2)CCNC1=O. The molecule has 1 heterocycles. The first kappa shape index (κ1) is 27.8. The number of alkyl carbamates (subject to hydrolysis) is 1. The molecule has 0 bridgehead atoms. The first-order valence-electron chi connectivity index (χ1n) is 13.2. The summed E-state index contributed by atoms with van der Waals surface area (Å²) in [7, 11) is 0. The Bertz CT molecular complexity index is 1280. The van der Waals surface area contributed by atoms with Gasteiger partial charge in [-0.25, -0.2) is 4.79 Å². The zero-order chi connectivity index (χ0) is 27.7. The Morgan fingerprint density at radius 3 is 2.23 bits per heavy atom. The molecule has 4 rings (SSSR count). The number of amides is 2. The average Bonchev–Trinajstić information content (AvgIpc) is 2.91. The van der Waals surface area contributed by atoms with Crippen LogP contribution in [0.25, 0.3) is 6.08 Å². The summed E-state index contributed by atoms with van der Waals surface area (Å²) >= 11 is 0. The third kappa shape index (κ3) is 8.64. The van der Waals surface area contributed by atoms with Gasteiger partial charge >= 0.3 is 6.09 Å². The summed E-state index contributed by atoms with van der Waals surface area (Å²) in [6, 6.07) is 23.1. The monoisotopic (exact) mass is 528 g/mol. The predicted octanol–water partition coefficient (Wildman–Crippen LogP) is 5.81. The van der Waals surface area contributed by atoms with E-state index in [4.69, 9.17) is 14.2 Å². The number of hydrogen-bond donors (Lipinski definition) is 2. The minimum Gasteiger partial charge on any atom is -0.489 e. The van der Waals surface area contributed by atoms with E-state index in [1.54, 1.807) is 20.8 Å². The van der Waals surface area contributed by atoms with Crippen LogP contribution in [0.4, 0.5) is 4.79 Å². The minimum absolute atomic E-state index is 0.258. The molecule has 3 aromatic carbocycles. The molecule has 1 aliphatic rings. The highest BCUT2D eigenvalue weighted by molar-refractivity contribution is 5.86. The smallest absolute Gasteiger partial charge is 0.408 e. The fourth-order valence-electron chi connectivity index (χ4n) is 4.18. The molecule has 0 aliphatic carbocycles. The predicted molar refractivity (Wildman–Crippen MR) is 152 cm³/mol. The van der Waals surface area contributed by atoms with Crippen LogP contribution in [0.3, 0.4) is 0 Å². The third-order valence-electron chi connectivity index (χ3n) is 6.04. The maximum atomic E-state index is 12.8. The molecule has 0 aromatic heterocycles. The van der Waals surface area contributed by atoms with Crippen LogP contribution in [-0.4, -0.2) is 30.2 Å². The molecular formula is C32H36N2O5. The fraction of sp³-hybridized carbons (Fsp3) is 0.312. The first-order chi connectivity index (χ1) is 18.8. The molecule has 0 unspecified atom stereocenters. The Morgan fingerprint density at radius 2 is 1.59 bits per heavy atom. The number of carbonyl (C=O) groups is 2. The number of rotatable bonds is 7. The number of ether oxygens (including phenoxy) is 3. The summed E-state index contributed by atoms with van der Waals surface area (Å²) in [5.41, 5.74) is 3.39. The van der Waals surface area contributed by atoms with Gasteiger partial charge in [-0.2, -0.15) is 0 Å². The molecule has 3 aromatic rings. The molecule has 39 heavy (non-hydrogen) atoms. The molecule has 2 amide bonds. The van der Waals surface area contributed by atoms with Crippen LogP contribution in [0.1, 0.15) is 49.4 Å². The van der Waals surface area contributed by atoms with E-state index in [-0.39, 0.29) is 5.91 Å². The van der Waals surface area contributed by atoms with Crippen molar-refractivity contribution < 1.29 is 23.8 Å². The highest BCUT2D eigenvalue weighted by atomic mass is 16.6. The lowest BCUT2D eigenvalue weighted by Gasteiger charge is -2.23. The van der Waals surface area contributed by atoms with Crippen LogP contribution in [0, 0.1) is 0 Å². The second kappa shape index (κ2) is 13.0. The van der Waals surface area contributed by atoms with Gasteiger partial charge in [0.2, 0.25) is 5.91 Å². The topological polar surface area (TPSA) is 85.9 Å². The van der Waals surface area contributed by atoms with Crippen molar-refractivity contribution in [3.05, 3.63) is 101 Å². The van der Waals surface area contributed by atoms with Crippen LogP contribution < -0.4 is 20.1 Å². The molecule has 1 atom stereocenters. The van der Waals surface area contributed by atoms with Gasteiger partial charge in [0, 0.05) is 18.2 Å². The fourth-order valence-corrected chi connectivity index (χ4v) is 4.18. The van der Waals surface area contributed by atoms with Gasteiger partial charge in [0.25, 0.3) is 0 Å². The lowest BCUT2D eigenvalue weighted by atomic mass is 10.00. The summed E-state index contributed by atoms with van der Waals surface area (Å²) < 4.78 is 17.8. The highest BCUT2D eigenvalue weighted by Gasteiger charge is 2.24. The summed E-state index contributed by atoms with van der Waals surface area (Å²) in [6.07, 6.45) is 4.08. The van der Waals surface area contributed by atoms with Crippen LogP contribution >= 0.6 is 0 Å². The number of benzene rings is 3. The van der Waals surface area contributed by atoms with Crippen molar-refractivity contribution in [3.8, 4) is 11.5 Å². The number of carbonyl (C=O) groups excluding carboxylic acids is 2. The lowest BCUT2D eigenvalue weighted by Crippen LogP contribution is -2.48. The lowest BCUT2D eigenvalue weighted by molar-refractivity contribution is -0.123. The molecule has 7 nitrogen and oxygen atoms in total. The maximum Gasteiger partial charge on any atom is 0.408 e. The van der Waals surface area contributed by atoms with E-state index in [1.807, 2.05) is 84.9 Å². The minimum atomic E-state index is -0.750. The molecule has 0 saturated carbocycles. The largest absolute Gasteiger partial charge is 0.489 e. The Hall–Kier alpha value is -4.26. The molecule has 2 N–H and O–H groups in total. The molecule has 0 spiro atoms. The van der Waals surface area contributed by atoms with Gasteiger partial charge < -0.3 is 24.8 Å². The standard InChI is InChI=1S/C32H36N2O5/c1-32(2,3)39-31(36)34-28-16-10-15-27-25(17-18-33-30(28)35)19-26(37-21-23-11-6-4-7-12-23)20-29(27)38-22-24-13-8-5-9-14-24/h4-15,19-20,28H,16-18,21-22H2,1-3H3,(H,33,35)(H,34,36)/b15-10-/t28-/m0/s1. The Kier molecular flexibility index (Phi) is 9.26. The normalized spacial score (nSPS) is 16.3.